The first-order chi connectivity index (χ1) is 15.8. The molecule has 1 aliphatic rings. The fraction of sp³-hybridized carbons (Fsp3) is 0.320. The van der Waals surface area contributed by atoms with Gasteiger partial charge in [-0.15, -0.1) is 0 Å². The number of piperidine rings is 1. The lowest BCUT2D eigenvalue weighted by atomic mass is 9.87. The minimum absolute atomic E-state index is 0.160. The molecule has 7 nitrogen and oxygen atoms in total. The average molecular weight is 468 g/mol. The molecule has 0 radical (unpaired) electrons. The molecule has 0 aliphatic carbocycles. The molecular formula is C25H29N3O4S. The van der Waals surface area contributed by atoms with Crippen molar-refractivity contribution in [1.29, 1.82) is 0 Å². The monoisotopic (exact) mass is 467 g/mol. The molecule has 0 unspecified atom stereocenters. The predicted molar refractivity (Wildman–Crippen MR) is 129 cm³/mol. The molecule has 1 aromatic heterocycles. The smallest absolute Gasteiger partial charge is 0.261 e. The predicted octanol–water partition coefficient (Wildman–Crippen LogP) is 3.94. The van der Waals surface area contributed by atoms with E-state index in [1.165, 1.54) is 19.2 Å². The highest BCUT2D eigenvalue weighted by Gasteiger charge is 2.36. The van der Waals surface area contributed by atoms with Crippen LogP contribution in [0.3, 0.4) is 0 Å². The van der Waals surface area contributed by atoms with Gasteiger partial charge in [0.1, 0.15) is 11.4 Å². The Balaban J connectivity index is 1.51. The Bertz CT molecular complexity index is 1190. The van der Waals surface area contributed by atoms with Gasteiger partial charge in [-0.3, -0.25) is 9.71 Å². The van der Waals surface area contributed by atoms with Crippen LogP contribution < -0.4 is 14.4 Å². The minimum Gasteiger partial charge on any atom is -0.497 e. The number of benzene rings is 2. The van der Waals surface area contributed by atoms with Gasteiger partial charge in [-0.1, -0.05) is 25.1 Å². The van der Waals surface area contributed by atoms with Crippen LogP contribution in [0.15, 0.2) is 71.8 Å². The maximum atomic E-state index is 13.0. The maximum Gasteiger partial charge on any atom is 0.261 e. The molecule has 0 saturated carbocycles. The first-order valence-electron chi connectivity index (χ1n) is 11.0. The molecule has 174 valence electrons. The second kappa shape index (κ2) is 9.41. The van der Waals surface area contributed by atoms with E-state index in [0.717, 1.165) is 17.7 Å². The maximum absolute atomic E-state index is 13.0. The lowest BCUT2D eigenvalue weighted by molar-refractivity contribution is 0.00761. The van der Waals surface area contributed by atoms with Crippen molar-refractivity contribution in [2.75, 3.05) is 29.8 Å². The Hall–Kier alpha value is -3.10. The topological polar surface area (TPSA) is 91.8 Å². The van der Waals surface area contributed by atoms with Gasteiger partial charge in [0.2, 0.25) is 0 Å². The summed E-state index contributed by atoms with van der Waals surface area (Å²) in [7, 11) is -2.23. The van der Waals surface area contributed by atoms with Crippen LogP contribution in [-0.2, 0) is 22.0 Å². The second-order valence-electron chi connectivity index (χ2n) is 8.22. The molecule has 1 fully saturated rings. The summed E-state index contributed by atoms with van der Waals surface area (Å²) < 4.78 is 33.7. The van der Waals surface area contributed by atoms with E-state index in [0.29, 0.717) is 43.1 Å². The van der Waals surface area contributed by atoms with E-state index in [9.17, 15) is 13.5 Å². The molecule has 1 aliphatic heterocycles. The summed E-state index contributed by atoms with van der Waals surface area (Å²) in [6.07, 6.45) is 3.74. The zero-order valence-electron chi connectivity index (χ0n) is 18.9. The van der Waals surface area contributed by atoms with Crippen LogP contribution in [0, 0.1) is 0 Å². The Labute approximate surface area is 195 Å². The van der Waals surface area contributed by atoms with Gasteiger partial charge in [0.05, 0.1) is 29.1 Å². The van der Waals surface area contributed by atoms with E-state index in [-0.39, 0.29) is 4.90 Å². The van der Waals surface area contributed by atoms with Gasteiger partial charge < -0.3 is 14.7 Å². The van der Waals surface area contributed by atoms with Crippen molar-refractivity contribution >= 4 is 21.4 Å². The van der Waals surface area contributed by atoms with E-state index >= 15 is 0 Å². The Kier molecular flexibility index (Phi) is 6.58. The number of nitrogens with one attached hydrogen (secondary N) is 1. The lowest BCUT2D eigenvalue weighted by Gasteiger charge is -2.39. The van der Waals surface area contributed by atoms with E-state index in [2.05, 4.69) is 21.5 Å². The molecule has 1 saturated heterocycles. The summed E-state index contributed by atoms with van der Waals surface area (Å²) in [5.41, 5.74) is 2.13. The number of para-hydroxylation sites is 2. The first-order valence-corrected chi connectivity index (χ1v) is 12.5. The number of anilines is 2. The average Bonchev–Trinajstić information content (AvgIpc) is 2.85. The number of nitrogens with zero attached hydrogens (tertiary/aromatic N) is 2. The molecule has 0 amide bonds. The SMILES string of the molecule is CCc1ccc(C2(O)CCN(c3ccccc3NS(=O)(=O)c3ccc(OC)cc3)CC2)nc1. The van der Waals surface area contributed by atoms with Crippen LogP contribution in [0.5, 0.6) is 5.75 Å². The molecule has 33 heavy (non-hydrogen) atoms. The summed E-state index contributed by atoms with van der Waals surface area (Å²) >= 11 is 0. The quantitative estimate of drug-likeness (QED) is 0.547. The molecule has 4 rings (SSSR count). The highest BCUT2D eigenvalue weighted by molar-refractivity contribution is 7.92. The van der Waals surface area contributed by atoms with Gasteiger partial charge in [-0.05, 0) is 67.3 Å². The third kappa shape index (κ3) is 4.96. The second-order valence-corrected chi connectivity index (χ2v) is 9.90. The molecule has 0 spiro atoms. The van der Waals surface area contributed by atoms with Gasteiger partial charge in [0.25, 0.3) is 10.0 Å². The van der Waals surface area contributed by atoms with Crippen LogP contribution in [0.4, 0.5) is 11.4 Å². The zero-order chi connectivity index (χ0) is 23.5. The summed E-state index contributed by atoms with van der Waals surface area (Å²) in [4.78, 5) is 6.74. The van der Waals surface area contributed by atoms with E-state index < -0.39 is 15.6 Å². The molecule has 2 N–H and O–H groups in total. The van der Waals surface area contributed by atoms with E-state index in [1.54, 1.807) is 24.3 Å². The van der Waals surface area contributed by atoms with Gasteiger partial charge in [-0.25, -0.2) is 8.42 Å². The van der Waals surface area contributed by atoms with Crippen molar-refractivity contribution in [3.05, 3.63) is 78.1 Å². The molecule has 3 aromatic rings. The number of rotatable bonds is 7. The highest BCUT2D eigenvalue weighted by Crippen LogP contribution is 2.36. The lowest BCUT2D eigenvalue weighted by Crippen LogP contribution is -2.43. The highest BCUT2D eigenvalue weighted by atomic mass is 32.2. The third-order valence-electron chi connectivity index (χ3n) is 6.16. The van der Waals surface area contributed by atoms with Crippen molar-refractivity contribution in [1.82, 2.24) is 4.98 Å². The van der Waals surface area contributed by atoms with Crippen molar-refractivity contribution in [3.63, 3.8) is 0 Å². The summed E-state index contributed by atoms with van der Waals surface area (Å²) in [5.74, 6) is 0.592. The van der Waals surface area contributed by atoms with Gasteiger partial charge >= 0.3 is 0 Å². The van der Waals surface area contributed by atoms with Crippen molar-refractivity contribution in [3.8, 4) is 5.75 Å². The molecule has 2 aromatic carbocycles. The summed E-state index contributed by atoms with van der Waals surface area (Å²) in [5, 5.41) is 11.2. The molecule has 0 bridgehead atoms. The number of aliphatic hydroxyl groups is 1. The molecular weight excluding hydrogens is 438 g/mol. The zero-order valence-corrected chi connectivity index (χ0v) is 19.7. The van der Waals surface area contributed by atoms with Crippen LogP contribution >= 0.6 is 0 Å². The Morgan fingerprint density at radius 1 is 1.06 bits per heavy atom. The fourth-order valence-electron chi connectivity index (χ4n) is 4.08. The standard InChI is InChI=1S/C25H29N3O4S/c1-3-19-8-13-24(26-18-19)25(29)14-16-28(17-15-25)23-7-5-4-6-22(23)27-33(30,31)21-11-9-20(32-2)10-12-21/h4-13,18,27,29H,3,14-17H2,1-2H3. The third-order valence-corrected chi connectivity index (χ3v) is 7.54. The first kappa shape index (κ1) is 23.1. The minimum atomic E-state index is -3.76. The van der Waals surface area contributed by atoms with Gasteiger partial charge in [0, 0.05) is 19.3 Å². The van der Waals surface area contributed by atoms with Crippen LogP contribution in [-0.4, -0.2) is 38.7 Å². The number of aryl methyl sites for hydroxylation is 1. The largest absolute Gasteiger partial charge is 0.497 e. The van der Waals surface area contributed by atoms with Crippen molar-refractivity contribution in [2.24, 2.45) is 0 Å². The number of hydrogen-bond acceptors (Lipinski definition) is 6. The Morgan fingerprint density at radius 3 is 2.36 bits per heavy atom. The van der Waals surface area contributed by atoms with Gasteiger partial charge in [-0.2, -0.15) is 0 Å². The molecule has 8 heteroatoms. The number of methoxy groups -OCH3 is 1. The van der Waals surface area contributed by atoms with Crippen LogP contribution in [0.25, 0.3) is 0 Å². The number of hydrogen-bond donors (Lipinski definition) is 2. The van der Waals surface area contributed by atoms with E-state index in [1.807, 2.05) is 30.5 Å². The molecule has 0 atom stereocenters. The van der Waals surface area contributed by atoms with Crippen molar-refractivity contribution in [2.45, 2.75) is 36.7 Å². The normalized spacial score (nSPS) is 15.8. The van der Waals surface area contributed by atoms with Gasteiger partial charge in [0.15, 0.2) is 0 Å². The number of sulfonamides is 1. The summed E-state index contributed by atoms with van der Waals surface area (Å²) in [6, 6.07) is 17.5. The van der Waals surface area contributed by atoms with Crippen LogP contribution in [0.1, 0.15) is 31.0 Å². The van der Waals surface area contributed by atoms with Crippen LogP contribution in [0.2, 0.25) is 0 Å². The fourth-order valence-corrected chi connectivity index (χ4v) is 5.15. The van der Waals surface area contributed by atoms with Crippen molar-refractivity contribution < 1.29 is 18.3 Å². The van der Waals surface area contributed by atoms with E-state index in [4.69, 9.17) is 4.74 Å². The summed E-state index contributed by atoms with van der Waals surface area (Å²) in [6.45, 7) is 3.23. The number of pyridine rings is 1. The number of aromatic nitrogens is 1. The Morgan fingerprint density at radius 2 is 1.76 bits per heavy atom. The number of ether oxygens (including phenoxy) is 1. The molecule has 2 heterocycles.